The molecule has 1 amide bonds. The molecule has 0 bridgehead atoms. The quantitative estimate of drug-likeness (QED) is 0.444. The summed E-state index contributed by atoms with van der Waals surface area (Å²) in [6.45, 7) is 4.70. The minimum atomic E-state index is -4.55. The first-order valence-corrected chi connectivity index (χ1v) is 11.3. The van der Waals surface area contributed by atoms with Gasteiger partial charge in [-0.15, -0.1) is 11.3 Å². The number of alkyl halides is 3. The number of thiazole rings is 1. The molecule has 0 aromatic carbocycles. The first-order valence-electron chi connectivity index (χ1n) is 10.4. The number of nitrogens with zero attached hydrogens (tertiary/aromatic N) is 6. The van der Waals surface area contributed by atoms with Crippen molar-refractivity contribution in [3.63, 3.8) is 0 Å². The van der Waals surface area contributed by atoms with Gasteiger partial charge in [0.05, 0.1) is 6.33 Å². The number of hydrogen-bond donors (Lipinski definition) is 1. The topological polar surface area (TPSA) is 117 Å². The van der Waals surface area contributed by atoms with Crippen molar-refractivity contribution in [1.82, 2.24) is 28.7 Å². The number of anilines is 1. The summed E-state index contributed by atoms with van der Waals surface area (Å²) in [7, 11) is 1.49. The second kappa shape index (κ2) is 8.76. The summed E-state index contributed by atoms with van der Waals surface area (Å²) in [5.41, 5.74) is -1.40. The molecule has 0 saturated heterocycles. The molecule has 1 atom stereocenters. The lowest BCUT2D eigenvalue weighted by atomic mass is 10.1. The predicted octanol–water partition coefficient (Wildman–Crippen LogP) is 2.96. The number of imidazole rings is 1. The number of carbonyl (C=O) groups excluding carboxylic acids is 1. The highest BCUT2D eigenvalue weighted by atomic mass is 32.1. The molecule has 14 heteroatoms. The zero-order valence-electron chi connectivity index (χ0n) is 19.0. The molecule has 0 radical (unpaired) electrons. The SMILES string of the molecule is CCn1c(=O)c2c(ncn2[C@@H](C)C(=O)Nc2csc(-c3cnc(C(F)(F)F)c(C)c3)n2)n(C)c1=O. The Kier molecular flexibility index (Phi) is 6.09. The maximum atomic E-state index is 13.0. The highest BCUT2D eigenvalue weighted by Gasteiger charge is 2.34. The molecule has 0 aliphatic heterocycles. The summed E-state index contributed by atoms with van der Waals surface area (Å²) in [6.07, 6.45) is -2.15. The molecular weight excluding hydrogens is 487 g/mol. The van der Waals surface area contributed by atoms with Gasteiger partial charge in [0.1, 0.15) is 22.6 Å². The number of carbonyl (C=O) groups is 1. The molecule has 0 fully saturated rings. The standard InChI is InChI=1S/C21H20F3N7O3S/c1-5-30-19(33)14-16(29(4)20(30)34)26-9-31(14)11(3)17(32)27-13-8-35-18(28-13)12-6-10(2)15(25-7-12)21(22,23)24/h6-9,11H,5H2,1-4H3,(H,27,32)/t11-/m0/s1. The van der Waals surface area contributed by atoms with Crippen molar-refractivity contribution in [2.45, 2.75) is 39.5 Å². The van der Waals surface area contributed by atoms with Crippen LogP contribution in [0.4, 0.5) is 19.0 Å². The number of rotatable bonds is 5. The number of aryl methyl sites for hydroxylation is 2. The highest BCUT2D eigenvalue weighted by Crippen LogP contribution is 2.33. The van der Waals surface area contributed by atoms with Crippen molar-refractivity contribution in [2.24, 2.45) is 7.05 Å². The van der Waals surface area contributed by atoms with Crippen LogP contribution >= 0.6 is 11.3 Å². The van der Waals surface area contributed by atoms with Crippen molar-refractivity contribution < 1.29 is 18.0 Å². The monoisotopic (exact) mass is 507 g/mol. The van der Waals surface area contributed by atoms with Gasteiger partial charge in [0.2, 0.25) is 5.91 Å². The van der Waals surface area contributed by atoms with E-state index in [0.717, 1.165) is 22.1 Å². The molecule has 4 heterocycles. The summed E-state index contributed by atoms with van der Waals surface area (Å²) in [5.74, 6) is -0.304. The molecule has 0 aliphatic rings. The van der Waals surface area contributed by atoms with Gasteiger partial charge >= 0.3 is 11.9 Å². The first kappa shape index (κ1) is 24.3. The third kappa shape index (κ3) is 4.24. The van der Waals surface area contributed by atoms with Crippen LogP contribution in [-0.4, -0.2) is 34.6 Å². The van der Waals surface area contributed by atoms with E-state index in [-0.39, 0.29) is 29.1 Å². The van der Waals surface area contributed by atoms with Gasteiger partial charge in [0.25, 0.3) is 5.56 Å². The summed E-state index contributed by atoms with van der Waals surface area (Å²) >= 11 is 1.13. The van der Waals surface area contributed by atoms with Crippen LogP contribution < -0.4 is 16.6 Å². The van der Waals surface area contributed by atoms with Crippen LogP contribution in [0.1, 0.15) is 31.1 Å². The van der Waals surface area contributed by atoms with Crippen molar-refractivity contribution in [3.8, 4) is 10.6 Å². The van der Waals surface area contributed by atoms with Gasteiger partial charge in [-0.25, -0.2) is 14.8 Å². The average Bonchev–Trinajstić information content (AvgIpc) is 3.44. The number of halogens is 3. The zero-order chi connectivity index (χ0) is 25.7. The summed E-state index contributed by atoms with van der Waals surface area (Å²) in [4.78, 5) is 50.0. The molecule has 0 spiro atoms. The Hall–Kier alpha value is -3.81. The van der Waals surface area contributed by atoms with Gasteiger partial charge in [-0.1, -0.05) is 0 Å². The molecule has 0 aliphatic carbocycles. The van der Waals surface area contributed by atoms with Gasteiger partial charge in [-0.05, 0) is 32.4 Å². The van der Waals surface area contributed by atoms with Gasteiger partial charge in [-0.2, -0.15) is 13.2 Å². The Balaban J connectivity index is 1.60. The number of hydrogen-bond acceptors (Lipinski definition) is 7. The van der Waals surface area contributed by atoms with E-state index in [0.29, 0.717) is 10.6 Å². The Labute approximate surface area is 199 Å². The fraction of sp³-hybridized carbons (Fsp3) is 0.333. The predicted molar refractivity (Wildman–Crippen MR) is 123 cm³/mol. The summed E-state index contributed by atoms with van der Waals surface area (Å²) in [6, 6.07) is 0.458. The largest absolute Gasteiger partial charge is 0.433 e. The third-order valence-electron chi connectivity index (χ3n) is 5.52. The minimum absolute atomic E-state index is 0.0384. The van der Waals surface area contributed by atoms with E-state index in [1.807, 2.05) is 0 Å². The lowest BCUT2D eigenvalue weighted by molar-refractivity contribution is -0.141. The molecular formula is C21H20F3N7O3S. The number of pyridine rings is 1. The molecule has 35 heavy (non-hydrogen) atoms. The molecule has 1 N–H and O–H groups in total. The average molecular weight is 507 g/mol. The maximum absolute atomic E-state index is 13.0. The van der Waals surface area contributed by atoms with Crippen LogP contribution in [0.3, 0.4) is 0 Å². The fourth-order valence-electron chi connectivity index (χ4n) is 3.67. The smallest absolute Gasteiger partial charge is 0.312 e. The van der Waals surface area contributed by atoms with Gasteiger partial charge in [0.15, 0.2) is 11.2 Å². The van der Waals surface area contributed by atoms with Crippen molar-refractivity contribution in [2.75, 3.05) is 5.32 Å². The number of nitrogens with one attached hydrogen (secondary N) is 1. The normalized spacial score (nSPS) is 12.8. The third-order valence-corrected chi connectivity index (χ3v) is 6.41. The van der Waals surface area contributed by atoms with Crippen LogP contribution in [0, 0.1) is 6.92 Å². The Morgan fingerprint density at radius 1 is 1.26 bits per heavy atom. The van der Waals surface area contributed by atoms with E-state index in [1.165, 1.54) is 35.5 Å². The van der Waals surface area contributed by atoms with Crippen LogP contribution in [0.15, 0.2) is 33.6 Å². The molecule has 0 unspecified atom stereocenters. The first-order chi connectivity index (χ1) is 16.4. The van der Waals surface area contributed by atoms with Crippen LogP contribution in [0.5, 0.6) is 0 Å². The summed E-state index contributed by atoms with van der Waals surface area (Å²) in [5, 5.41) is 4.57. The van der Waals surface area contributed by atoms with Gasteiger partial charge in [-0.3, -0.25) is 23.7 Å². The van der Waals surface area contributed by atoms with Crippen LogP contribution in [0.25, 0.3) is 21.7 Å². The van der Waals surface area contributed by atoms with Crippen molar-refractivity contribution in [1.29, 1.82) is 0 Å². The number of fused-ring (bicyclic) bond motifs is 1. The lowest BCUT2D eigenvalue weighted by Crippen LogP contribution is -2.39. The van der Waals surface area contributed by atoms with Crippen molar-refractivity contribution in [3.05, 3.63) is 56.1 Å². The summed E-state index contributed by atoms with van der Waals surface area (Å²) < 4.78 is 42.6. The van der Waals surface area contributed by atoms with E-state index in [1.54, 1.807) is 19.2 Å². The van der Waals surface area contributed by atoms with E-state index >= 15 is 0 Å². The maximum Gasteiger partial charge on any atom is 0.433 e. The lowest BCUT2D eigenvalue weighted by Gasteiger charge is -2.14. The van der Waals surface area contributed by atoms with Crippen LogP contribution in [-0.2, 0) is 24.6 Å². The fourth-order valence-corrected chi connectivity index (χ4v) is 4.40. The molecule has 4 aromatic heterocycles. The van der Waals surface area contributed by atoms with Crippen molar-refractivity contribution >= 4 is 34.2 Å². The molecule has 4 rings (SSSR count). The minimum Gasteiger partial charge on any atom is -0.312 e. The van der Waals surface area contributed by atoms with E-state index in [4.69, 9.17) is 0 Å². The molecule has 4 aromatic rings. The molecule has 10 nitrogen and oxygen atoms in total. The second-order valence-corrected chi connectivity index (χ2v) is 8.66. The molecule has 0 saturated carbocycles. The van der Waals surface area contributed by atoms with E-state index < -0.39 is 35.1 Å². The van der Waals surface area contributed by atoms with E-state index in [2.05, 4.69) is 20.3 Å². The Morgan fingerprint density at radius 3 is 2.60 bits per heavy atom. The van der Waals surface area contributed by atoms with E-state index in [9.17, 15) is 27.6 Å². The number of amides is 1. The zero-order valence-corrected chi connectivity index (χ0v) is 19.9. The Morgan fingerprint density at radius 2 is 1.97 bits per heavy atom. The highest BCUT2D eigenvalue weighted by molar-refractivity contribution is 7.13. The number of aromatic nitrogens is 6. The van der Waals surface area contributed by atoms with Gasteiger partial charge < -0.3 is 9.88 Å². The second-order valence-electron chi connectivity index (χ2n) is 7.81. The molecule has 184 valence electrons. The Bertz CT molecular complexity index is 1570. The van der Waals surface area contributed by atoms with Gasteiger partial charge in [0, 0.05) is 30.7 Å². The van der Waals surface area contributed by atoms with Crippen LogP contribution in [0.2, 0.25) is 0 Å².